The number of rotatable bonds is 4. The SMILES string of the molecule is NCCS(=O)(=O)Cc1cccc(F)c1Cl. The number of hydrogen-bond acceptors (Lipinski definition) is 3. The molecule has 0 amide bonds. The van der Waals surface area contributed by atoms with E-state index in [1.54, 1.807) is 0 Å². The van der Waals surface area contributed by atoms with Crippen LogP contribution >= 0.6 is 11.6 Å². The van der Waals surface area contributed by atoms with Crippen molar-refractivity contribution in [3.8, 4) is 0 Å². The molecule has 6 heteroatoms. The van der Waals surface area contributed by atoms with Gasteiger partial charge in [0.2, 0.25) is 0 Å². The minimum Gasteiger partial charge on any atom is -0.329 e. The summed E-state index contributed by atoms with van der Waals surface area (Å²) in [6.07, 6.45) is 0. The van der Waals surface area contributed by atoms with Crippen molar-refractivity contribution in [3.05, 3.63) is 34.6 Å². The first-order valence-corrected chi connectivity index (χ1v) is 6.49. The van der Waals surface area contributed by atoms with E-state index in [0.717, 1.165) is 0 Å². The molecule has 0 aliphatic rings. The average Bonchev–Trinajstić information content (AvgIpc) is 2.12. The third-order valence-corrected chi connectivity index (χ3v) is 3.87. The summed E-state index contributed by atoms with van der Waals surface area (Å²) >= 11 is 5.63. The van der Waals surface area contributed by atoms with Gasteiger partial charge in [0.15, 0.2) is 9.84 Å². The zero-order valence-electron chi connectivity index (χ0n) is 7.91. The minimum absolute atomic E-state index is 0.0509. The predicted molar refractivity (Wildman–Crippen MR) is 58.0 cm³/mol. The van der Waals surface area contributed by atoms with Gasteiger partial charge in [0.1, 0.15) is 5.82 Å². The molecule has 1 aromatic carbocycles. The molecular formula is C9H11ClFNO2S. The Morgan fingerprint density at radius 1 is 1.40 bits per heavy atom. The van der Waals surface area contributed by atoms with Crippen LogP contribution < -0.4 is 5.73 Å². The molecule has 0 saturated heterocycles. The maximum absolute atomic E-state index is 13.0. The van der Waals surface area contributed by atoms with Crippen LogP contribution in [-0.4, -0.2) is 20.7 Å². The maximum Gasteiger partial charge on any atom is 0.155 e. The highest BCUT2D eigenvalue weighted by molar-refractivity contribution is 7.90. The van der Waals surface area contributed by atoms with E-state index < -0.39 is 15.7 Å². The number of hydrogen-bond donors (Lipinski definition) is 1. The Balaban J connectivity index is 2.95. The van der Waals surface area contributed by atoms with Crippen molar-refractivity contribution in [1.82, 2.24) is 0 Å². The second-order valence-electron chi connectivity index (χ2n) is 3.09. The molecule has 15 heavy (non-hydrogen) atoms. The van der Waals surface area contributed by atoms with E-state index in [-0.39, 0.29) is 28.6 Å². The van der Waals surface area contributed by atoms with Crippen molar-refractivity contribution in [2.24, 2.45) is 5.73 Å². The fraction of sp³-hybridized carbons (Fsp3) is 0.333. The number of halogens is 2. The van der Waals surface area contributed by atoms with E-state index in [4.69, 9.17) is 17.3 Å². The summed E-state index contributed by atoms with van der Waals surface area (Å²) in [4.78, 5) is 0. The second kappa shape index (κ2) is 4.92. The summed E-state index contributed by atoms with van der Waals surface area (Å²) in [6, 6.07) is 4.09. The molecule has 0 bridgehead atoms. The van der Waals surface area contributed by atoms with Crippen molar-refractivity contribution in [1.29, 1.82) is 0 Å². The molecule has 0 unspecified atom stereocenters. The van der Waals surface area contributed by atoms with Crippen LogP contribution in [0.2, 0.25) is 5.02 Å². The predicted octanol–water partition coefficient (Wildman–Crippen LogP) is 1.35. The highest BCUT2D eigenvalue weighted by atomic mass is 35.5. The fourth-order valence-corrected chi connectivity index (χ4v) is 2.64. The summed E-state index contributed by atoms with van der Waals surface area (Å²) in [7, 11) is -3.30. The molecule has 0 aromatic heterocycles. The molecule has 3 nitrogen and oxygen atoms in total. The topological polar surface area (TPSA) is 60.2 Å². The number of nitrogens with two attached hydrogens (primary N) is 1. The van der Waals surface area contributed by atoms with E-state index in [1.165, 1.54) is 18.2 Å². The van der Waals surface area contributed by atoms with E-state index in [2.05, 4.69) is 0 Å². The molecule has 1 aromatic rings. The van der Waals surface area contributed by atoms with Gasteiger partial charge in [-0.3, -0.25) is 0 Å². The zero-order valence-corrected chi connectivity index (χ0v) is 9.48. The Kier molecular flexibility index (Phi) is 4.07. The Labute approximate surface area is 93.0 Å². The Bertz CT molecular complexity index is 447. The van der Waals surface area contributed by atoms with Crippen molar-refractivity contribution < 1.29 is 12.8 Å². The summed E-state index contributed by atoms with van der Waals surface area (Å²) in [5, 5.41) is -0.141. The fourth-order valence-electron chi connectivity index (χ4n) is 1.15. The first kappa shape index (κ1) is 12.4. The minimum atomic E-state index is -3.30. The van der Waals surface area contributed by atoms with Crippen LogP contribution in [0.3, 0.4) is 0 Å². The van der Waals surface area contributed by atoms with Gasteiger partial charge in [-0.25, -0.2) is 12.8 Å². The molecule has 0 atom stereocenters. The van der Waals surface area contributed by atoms with Gasteiger partial charge in [0, 0.05) is 6.54 Å². The molecule has 0 heterocycles. The van der Waals surface area contributed by atoms with Gasteiger partial charge in [0.25, 0.3) is 0 Å². The first-order chi connectivity index (χ1) is 6.96. The molecule has 1 rings (SSSR count). The lowest BCUT2D eigenvalue weighted by Crippen LogP contribution is -2.17. The molecule has 0 saturated carbocycles. The van der Waals surface area contributed by atoms with E-state index in [9.17, 15) is 12.8 Å². The third-order valence-electron chi connectivity index (χ3n) is 1.84. The van der Waals surface area contributed by atoms with Crippen molar-refractivity contribution in [2.75, 3.05) is 12.3 Å². The maximum atomic E-state index is 13.0. The molecule has 0 radical (unpaired) electrons. The van der Waals surface area contributed by atoms with Crippen LogP contribution in [-0.2, 0) is 15.6 Å². The molecular weight excluding hydrogens is 241 g/mol. The zero-order chi connectivity index (χ0) is 11.5. The summed E-state index contributed by atoms with van der Waals surface area (Å²) in [5.41, 5.74) is 5.42. The van der Waals surface area contributed by atoms with Gasteiger partial charge >= 0.3 is 0 Å². The van der Waals surface area contributed by atoms with Crippen LogP contribution in [0.1, 0.15) is 5.56 Å². The van der Waals surface area contributed by atoms with E-state index in [0.29, 0.717) is 0 Å². The first-order valence-electron chi connectivity index (χ1n) is 4.29. The lowest BCUT2D eigenvalue weighted by atomic mass is 10.2. The third kappa shape index (κ3) is 3.44. The number of sulfone groups is 1. The van der Waals surface area contributed by atoms with E-state index in [1.807, 2.05) is 0 Å². The quantitative estimate of drug-likeness (QED) is 0.879. The van der Waals surface area contributed by atoms with Crippen LogP contribution in [0, 0.1) is 5.82 Å². The largest absolute Gasteiger partial charge is 0.329 e. The highest BCUT2D eigenvalue weighted by Crippen LogP contribution is 2.21. The lowest BCUT2D eigenvalue weighted by Gasteiger charge is -2.05. The summed E-state index contributed by atoms with van der Waals surface area (Å²) in [6.45, 7) is 0.0509. The van der Waals surface area contributed by atoms with Gasteiger partial charge in [-0.1, -0.05) is 23.7 Å². The van der Waals surface area contributed by atoms with E-state index >= 15 is 0 Å². The molecule has 0 aliphatic heterocycles. The molecule has 0 spiro atoms. The second-order valence-corrected chi connectivity index (χ2v) is 5.66. The highest BCUT2D eigenvalue weighted by Gasteiger charge is 2.14. The van der Waals surface area contributed by atoms with Crippen LogP contribution in [0.25, 0.3) is 0 Å². The lowest BCUT2D eigenvalue weighted by molar-refractivity contribution is 0.594. The summed E-state index contributed by atoms with van der Waals surface area (Å²) in [5.74, 6) is -1.02. The normalized spacial score (nSPS) is 11.7. The van der Waals surface area contributed by atoms with Crippen molar-refractivity contribution in [2.45, 2.75) is 5.75 Å². The molecule has 0 fully saturated rings. The molecule has 84 valence electrons. The Morgan fingerprint density at radius 2 is 2.07 bits per heavy atom. The standard InChI is InChI=1S/C9H11ClFNO2S/c10-9-7(2-1-3-8(9)11)6-15(13,14)5-4-12/h1-3H,4-6,12H2. The van der Waals surface area contributed by atoms with Crippen LogP contribution in [0.5, 0.6) is 0 Å². The molecule has 0 aliphatic carbocycles. The summed E-state index contributed by atoms with van der Waals surface area (Å²) < 4.78 is 35.8. The van der Waals surface area contributed by atoms with Crippen LogP contribution in [0.15, 0.2) is 18.2 Å². The smallest absolute Gasteiger partial charge is 0.155 e. The van der Waals surface area contributed by atoms with Gasteiger partial charge in [-0.2, -0.15) is 0 Å². The molecule has 2 N–H and O–H groups in total. The Hall–Kier alpha value is -0.650. The van der Waals surface area contributed by atoms with Gasteiger partial charge in [0.05, 0.1) is 16.5 Å². The Morgan fingerprint density at radius 3 is 2.67 bits per heavy atom. The van der Waals surface area contributed by atoms with Crippen molar-refractivity contribution >= 4 is 21.4 Å². The van der Waals surface area contributed by atoms with Gasteiger partial charge < -0.3 is 5.73 Å². The van der Waals surface area contributed by atoms with Gasteiger partial charge in [-0.15, -0.1) is 0 Å². The van der Waals surface area contributed by atoms with Gasteiger partial charge in [-0.05, 0) is 11.6 Å². The average molecular weight is 252 g/mol. The van der Waals surface area contributed by atoms with Crippen molar-refractivity contribution in [3.63, 3.8) is 0 Å². The monoisotopic (exact) mass is 251 g/mol. The number of benzene rings is 1. The van der Waals surface area contributed by atoms with Crippen LogP contribution in [0.4, 0.5) is 4.39 Å².